The monoisotopic (exact) mass is 470 g/mol. The Bertz CT molecular complexity index is 772. The molecule has 6 aliphatic carbocycles. The summed E-state index contributed by atoms with van der Waals surface area (Å²) in [7, 11) is 0. The van der Waals surface area contributed by atoms with Crippen molar-refractivity contribution in [3.63, 3.8) is 0 Å². The van der Waals surface area contributed by atoms with Crippen molar-refractivity contribution in [3.05, 3.63) is 0 Å². The Labute approximate surface area is 210 Å². The van der Waals surface area contributed by atoms with Crippen LogP contribution >= 0.6 is 0 Å². The summed E-state index contributed by atoms with van der Waals surface area (Å²) < 4.78 is 0. The first-order valence-electron chi connectivity index (χ1n) is 15.4. The van der Waals surface area contributed by atoms with Gasteiger partial charge in [0.15, 0.2) is 0 Å². The van der Waals surface area contributed by atoms with E-state index in [1.54, 1.807) is 0 Å². The molecule has 0 aromatic carbocycles. The minimum absolute atomic E-state index is 0.353. The van der Waals surface area contributed by atoms with Gasteiger partial charge in [0.1, 0.15) is 0 Å². The van der Waals surface area contributed by atoms with Crippen LogP contribution < -0.4 is 0 Å². The molecule has 2 heteroatoms. The Morgan fingerprint density at radius 2 is 1.38 bits per heavy atom. The number of rotatable bonds is 4. The number of aliphatic hydroxyl groups is 2. The standard InChI is InChI=1S/C32H54O2/c1-22(9-12-32(34)19-17-31(15-16-31)18-20-32)25-7-8-26-24-6-5-23-21-28(2,33)13-14-29(23,3)27(24)10-11-30(25,26)4/h22-27,33-34H,5-21H2,1-4H3/t22-,23+,24+,25-,26+,27+,28+,29+,30-/m1/s1. The van der Waals surface area contributed by atoms with Crippen molar-refractivity contribution in [1.82, 2.24) is 0 Å². The summed E-state index contributed by atoms with van der Waals surface area (Å²) in [6.07, 6.45) is 21.7. The lowest BCUT2D eigenvalue weighted by molar-refractivity contribution is -0.148. The second-order valence-corrected chi connectivity index (χ2v) is 15.8. The average Bonchev–Trinajstić information content (AvgIpc) is 3.46. The van der Waals surface area contributed by atoms with E-state index in [2.05, 4.69) is 27.7 Å². The van der Waals surface area contributed by atoms with Gasteiger partial charge in [-0.05, 0) is 168 Å². The molecule has 6 aliphatic rings. The molecule has 0 unspecified atom stereocenters. The summed E-state index contributed by atoms with van der Waals surface area (Å²) in [5.41, 5.74) is 0.895. The van der Waals surface area contributed by atoms with Crippen molar-refractivity contribution in [2.75, 3.05) is 0 Å². The van der Waals surface area contributed by atoms with Crippen molar-refractivity contribution >= 4 is 0 Å². The molecule has 2 N–H and O–H groups in total. The molecule has 6 rings (SSSR count). The van der Waals surface area contributed by atoms with Gasteiger partial charge < -0.3 is 10.2 Å². The molecule has 6 fully saturated rings. The minimum Gasteiger partial charge on any atom is -0.390 e. The smallest absolute Gasteiger partial charge is 0.0648 e. The van der Waals surface area contributed by atoms with Crippen molar-refractivity contribution in [1.29, 1.82) is 0 Å². The van der Waals surface area contributed by atoms with Gasteiger partial charge in [0.2, 0.25) is 0 Å². The Morgan fingerprint density at radius 3 is 2.09 bits per heavy atom. The van der Waals surface area contributed by atoms with Crippen LogP contribution in [-0.4, -0.2) is 21.4 Å². The summed E-state index contributed by atoms with van der Waals surface area (Å²) >= 11 is 0. The molecule has 6 saturated carbocycles. The van der Waals surface area contributed by atoms with Crippen molar-refractivity contribution < 1.29 is 10.2 Å². The predicted octanol–water partition coefficient (Wildman–Crippen LogP) is 7.90. The van der Waals surface area contributed by atoms with Crippen LogP contribution in [-0.2, 0) is 0 Å². The summed E-state index contributed by atoms with van der Waals surface area (Å²) in [5, 5.41) is 22.1. The van der Waals surface area contributed by atoms with Gasteiger partial charge in [0, 0.05) is 0 Å². The average molecular weight is 471 g/mol. The van der Waals surface area contributed by atoms with Crippen LogP contribution in [0.5, 0.6) is 0 Å². The second kappa shape index (κ2) is 7.96. The van der Waals surface area contributed by atoms with Gasteiger partial charge in [0.05, 0.1) is 11.2 Å². The zero-order chi connectivity index (χ0) is 24.0. The predicted molar refractivity (Wildman–Crippen MR) is 139 cm³/mol. The Kier molecular flexibility index (Phi) is 5.68. The summed E-state index contributed by atoms with van der Waals surface area (Å²) in [6, 6.07) is 0. The third-order valence-corrected chi connectivity index (χ3v) is 14.0. The molecule has 0 aromatic rings. The number of hydrogen-bond acceptors (Lipinski definition) is 2. The summed E-state index contributed by atoms with van der Waals surface area (Å²) in [5.74, 6) is 5.10. The van der Waals surface area contributed by atoms with Crippen molar-refractivity contribution in [2.45, 2.75) is 148 Å². The fraction of sp³-hybridized carbons (Fsp3) is 1.00. The van der Waals surface area contributed by atoms with Crippen LogP contribution in [0.15, 0.2) is 0 Å². The van der Waals surface area contributed by atoms with Gasteiger partial charge in [-0.15, -0.1) is 0 Å². The molecule has 0 radical (unpaired) electrons. The van der Waals surface area contributed by atoms with Crippen molar-refractivity contribution in [3.8, 4) is 0 Å². The molecule has 0 amide bonds. The molecule has 34 heavy (non-hydrogen) atoms. The van der Waals surface area contributed by atoms with E-state index >= 15 is 0 Å². The highest BCUT2D eigenvalue weighted by Crippen LogP contribution is 2.69. The van der Waals surface area contributed by atoms with Gasteiger partial charge >= 0.3 is 0 Å². The molecule has 0 aliphatic heterocycles. The highest BCUT2D eigenvalue weighted by Gasteiger charge is 2.61. The lowest BCUT2D eigenvalue weighted by atomic mass is 9.43. The zero-order valence-electron chi connectivity index (χ0n) is 22.9. The van der Waals surface area contributed by atoms with Crippen LogP contribution in [0.3, 0.4) is 0 Å². The first-order valence-corrected chi connectivity index (χ1v) is 15.4. The van der Waals surface area contributed by atoms with E-state index in [9.17, 15) is 10.2 Å². The largest absolute Gasteiger partial charge is 0.390 e. The Hall–Kier alpha value is -0.0800. The third-order valence-electron chi connectivity index (χ3n) is 14.0. The third kappa shape index (κ3) is 3.86. The van der Waals surface area contributed by atoms with Gasteiger partial charge in [-0.2, -0.15) is 0 Å². The first kappa shape index (κ1) is 24.3. The lowest BCUT2D eigenvalue weighted by Crippen LogP contribution is -2.55. The second-order valence-electron chi connectivity index (χ2n) is 15.8. The SMILES string of the molecule is C[C@H](CCC1(O)CCC2(CC1)CC2)[C@H]1CC[C@H]2[C@@H]3CC[C@H]4C[C@@](C)(O)CC[C@]4(C)[C@H]3CC[C@]12C. The van der Waals surface area contributed by atoms with Crippen LogP contribution in [0.2, 0.25) is 0 Å². The van der Waals surface area contributed by atoms with Crippen LogP contribution in [0.1, 0.15) is 137 Å². The van der Waals surface area contributed by atoms with Gasteiger partial charge in [-0.25, -0.2) is 0 Å². The minimum atomic E-state index is -0.421. The van der Waals surface area contributed by atoms with Crippen LogP contribution in [0.4, 0.5) is 0 Å². The van der Waals surface area contributed by atoms with E-state index in [-0.39, 0.29) is 5.60 Å². The molecule has 9 atom stereocenters. The molecule has 0 heterocycles. The fourth-order valence-electron chi connectivity index (χ4n) is 11.3. The Morgan fingerprint density at radius 1 is 0.706 bits per heavy atom. The van der Waals surface area contributed by atoms with Crippen molar-refractivity contribution in [2.24, 2.45) is 51.8 Å². The first-order chi connectivity index (χ1) is 16.0. The highest BCUT2D eigenvalue weighted by atomic mass is 16.3. The van der Waals surface area contributed by atoms with E-state index in [0.717, 1.165) is 67.6 Å². The number of hydrogen-bond donors (Lipinski definition) is 2. The normalized spacial score (nSPS) is 51.9. The molecule has 0 bridgehead atoms. The van der Waals surface area contributed by atoms with E-state index in [0.29, 0.717) is 16.2 Å². The molecule has 0 saturated heterocycles. The van der Waals surface area contributed by atoms with E-state index in [1.807, 2.05) is 0 Å². The fourth-order valence-corrected chi connectivity index (χ4v) is 11.3. The summed E-state index contributed by atoms with van der Waals surface area (Å²) in [6.45, 7) is 9.94. The van der Waals surface area contributed by atoms with Crippen LogP contribution in [0.25, 0.3) is 0 Å². The maximum absolute atomic E-state index is 11.3. The highest BCUT2D eigenvalue weighted by molar-refractivity contribution is 5.11. The van der Waals surface area contributed by atoms with Crippen LogP contribution in [0, 0.1) is 51.8 Å². The molecular weight excluding hydrogens is 416 g/mol. The van der Waals surface area contributed by atoms with E-state index in [4.69, 9.17) is 0 Å². The van der Waals surface area contributed by atoms with Gasteiger partial charge in [0.25, 0.3) is 0 Å². The quantitative estimate of drug-likeness (QED) is 0.438. The molecule has 2 nitrogen and oxygen atoms in total. The molecule has 0 aromatic heterocycles. The zero-order valence-corrected chi connectivity index (χ0v) is 22.9. The number of fused-ring (bicyclic) bond motifs is 5. The van der Waals surface area contributed by atoms with E-state index < -0.39 is 5.60 Å². The van der Waals surface area contributed by atoms with E-state index in [1.165, 1.54) is 77.0 Å². The molecular formula is C32H54O2. The topological polar surface area (TPSA) is 40.5 Å². The lowest BCUT2D eigenvalue weighted by Gasteiger charge is -2.62. The molecule has 194 valence electrons. The van der Waals surface area contributed by atoms with Gasteiger partial charge in [-0.3, -0.25) is 0 Å². The Balaban J connectivity index is 1.11. The maximum atomic E-state index is 11.3. The maximum Gasteiger partial charge on any atom is 0.0648 e. The summed E-state index contributed by atoms with van der Waals surface area (Å²) in [4.78, 5) is 0. The molecule has 1 spiro atoms. The van der Waals surface area contributed by atoms with Gasteiger partial charge in [-0.1, -0.05) is 20.8 Å².